The lowest BCUT2D eigenvalue weighted by Crippen LogP contribution is -2.40. The maximum absolute atomic E-state index is 5.33. The second-order valence-corrected chi connectivity index (χ2v) is 6.22. The Morgan fingerprint density at radius 2 is 1.88 bits per heavy atom. The van der Waals surface area contributed by atoms with Crippen molar-refractivity contribution in [1.82, 2.24) is 10.2 Å². The van der Waals surface area contributed by atoms with E-state index in [-0.39, 0.29) is 24.0 Å². The van der Waals surface area contributed by atoms with Gasteiger partial charge in [-0.1, -0.05) is 6.92 Å². The lowest BCUT2D eigenvalue weighted by atomic mass is 9.99. The molecule has 0 bridgehead atoms. The predicted octanol–water partition coefficient (Wildman–Crippen LogP) is 3.04. The molecule has 2 rings (SSSR count). The molecule has 2 N–H and O–H groups in total. The highest BCUT2D eigenvalue weighted by Gasteiger charge is 2.15. The molecular formula is C18H31IN4O2. The zero-order valence-electron chi connectivity index (χ0n) is 15.7. The molecule has 7 heteroatoms. The number of hydrogen-bond acceptors (Lipinski definition) is 4. The molecule has 1 aliphatic rings. The number of hydrogen-bond donors (Lipinski definition) is 2. The van der Waals surface area contributed by atoms with Crippen LogP contribution in [0.2, 0.25) is 0 Å². The highest BCUT2D eigenvalue weighted by Crippen LogP contribution is 2.29. The van der Waals surface area contributed by atoms with Crippen molar-refractivity contribution < 1.29 is 9.47 Å². The Balaban J connectivity index is 0.00000312. The maximum Gasteiger partial charge on any atom is 0.195 e. The lowest BCUT2D eigenvalue weighted by molar-refractivity contribution is 0.195. The summed E-state index contributed by atoms with van der Waals surface area (Å²) < 4.78 is 10.6. The summed E-state index contributed by atoms with van der Waals surface area (Å²) >= 11 is 0. The molecule has 25 heavy (non-hydrogen) atoms. The fourth-order valence-electron chi connectivity index (χ4n) is 2.85. The van der Waals surface area contributed by atoms with Crippen LogP contribution in [0.4, 0.5) is 5.69 Å². The quantitative estimate of drug-likeness (QED) is 0.387. The van der Waals surface area contributed by atoms with Crippen molar-refractivity contribution in [2.75, 3.05) is 52.8 Å². The van der Waals surface area contributed by atoms with Crippen LogP contribution in [0.3, 0.4) is 0 Å². The number of anilines is 1. The van der Waals surface area contributed by atoms with E-state index in [0.717, 1.165) is 30.7 Å². The van der Waals surface area contributed by atoms with Crippen molar-refractivity contribution in [3.05, 3.63) is 18.2 Å². The minimum absolute atomic E-state index is 0. The van der Waals surface area contributed by atoms with Crippen molar-refractivity contribution in [1.29, 1.82) is 0 Å². The molecule has 0 atom stereocenters. The molecule has 0 spiro atoms. The number of guanidine groups is 1. The first-order valence-corrected chi connectivity index (χ1v) is 8.58. The van der Waals surface area contributed by atoms with Crippen molar-refractivity contribution in [2.24, 2.45) is 10.9 Å². The first-order valence-electron chi connectivity index (χ1n) is 8.58. The molecule has 0 aromatic heterocycles. The topological polar surface area (TPSA) is 58.1 Å². The fraction of sp³-hybridized carbons (Fsp3) is 0.611. The summed E-state index contributed by atoms with van der Waals surface area (Å²) in [6.45, 7) is 6.65. The van der Waals surface area contributed by atoms with E-state index in [2.05, 4.69) is 27.4 Å². The number of piperidine rings is 1. The van der Waals surface area contributed by atoms with Crippen LogP contribution < -0.4 is 20.1 Å². The van der Waals surface area contributed by atoms with Crippen LogP contribution in [-0.4, -0.2) is 58.3 Å². The maximum atomic E-state index is 5.33. The molecular weight excluding hydrogens is 431 g/mol. The molecule has 0 unspecified atom stereocenters. The van der Waals surface area contributed by atoms with Crippen molar-refractivity contribution in [3.63, 3.8) is 0 Å². The van der Waals surface area contributed by atoms with Crippen LogP contribution in [-0.2, 0) is 0 Å². The third-order valence-corrected chi connectivity index (χ3v) is 4.47. The Labute approximate surface area is 168 Å². The number of rotatable bonds is 6. The minimum atomic E-state index is 0. The van der Waals surface area contributed by atoms with Gasteiger partial charge in [0.05, 0.1) is 14.2 Å². The standard InChI is InChI=1S/C18H30N4O2.HI/c1-14-7-10-22(11-8-14)12-9-20-18(19-2)21-15-5-6-16(23-3)17(13-15)24-4;/h5-6,13-14H,7-12H2,1-4H3,(H2,19,20,21);1H. The van der Waals surface area contributed by atoms with E-state index in [9.17, 15) is 0 Å². The van der Waals surface area contributed by atoms with Crippen molar-refractivity contribution in [2.45, 2.75) is 19.8 Å². The number of nitrogens with zero attached hydrogens (tertiary/aromatic N) is 2. The van der Waals surface area contributed by atoms with E-state index in [1.165, 1.54) is 25.9 Å². The van der Waals surface area contributed by atoms with Gasteiger partial charge < -0.3 is 25.0 Å². The molecule has 1 fully saturated rings. The average molecular weight is 462 g/mol. The largest absolute Gasteiger partial charge is 0.493 e. The number of benzene rings is 1. The van der Waals surface area contributed by atoms with Crippen molar-refractivity contribution >= 4 is 35.6 Å². The number of aliphatic imine (C=N–C) groups is 1. The highest BCUT2D eigenvalue weighted by atomic mass is 127. The van der Waals surface area contributed by atoms with Crippen LogP contribution in [0.25, 0.3) is 0 Å². The number of ether oxygens (including phenoxy) is 2. The van der Waals surface area contributed by atoms with E-state index in [1.54, 1.807) is 21.3 Å². The van der Waals surface area contributed by atoms with Gasteiger partial charge in [-0.05, 0) is 44.0 Å². The molecule has 1 heterocycles. The summed E-state index contributed by atoms with van der Waals surface area (Å²) in [5.41, 5.74) is 0.910. The smallest absolute Gasteiger partial charge is 0.195 e. The predicted molar refractivity (Wildman–Crippen MR) is 115 cm³/mol. The Bertz CT molecular complexity index is 546. The summed E-state index contributed by atoms with van der Waals surface area (Å²) in [5.74, 6) is 3.03. The highest BCUT2D eigenvalue weighted by molar-refractivity contribution is 14.0. The molecule has 0 aliphatic carbocycles. The molecule has 0 amide bonds. The van der Waals surface area contributed by atoms with Gasteiger partial charge in [0.25, 0.3) is 0 Å². The van der Waals surface area contributed by atoms with Gasteiger partial charge in [-0.25, -0.2) is 0 Å². The Hall–Kier alpha value is -1.22. The zero-order chi connectivity index (χ0) is 17.4. The van der Waals surface area contributed by atoms with Crippen LogP contribution in [0.1, 0.15) is 19.8 Å². The first-order chi connectivity index (χ1) is 11.7. The van der Waals surface area contributed by atoms with Gasteiger partial charge >= 0.3 is 0 Å². The SMILES string of the molecule is CN=C(NCCN1CCC(C)CC1)Nc1ccc(OC)c(OC)c1.I. The molecule has 1 saturated heterocycles. The minimum Gasteiger partial charge on any atom is -0.493 e. The summed E-state index contributed by atoms with van der Waals surface area (Å²) in [5, 5.41) is 6.65. The zero-order valence-corrected chi connectivity index (χ0v) is 18.0. The lowest BCUT2D eigenvalue weighted by Gasteiger charge is -2.30. The van der Waals surface area contributed by atoms with Crippen LogP contribution in [0, 0.1) is 5.92 Å². The van der Waals surface area contributed by atoms with Crippen LogP contribution in [0.15, 0.2) is 23.2 Å². The van der Waals surface area contributed by atoms with Gasteiger partial charge in [-0.3, -0.25) is 4.99 Å². The molecule has 1 aromatic carbocycles. The van der Waals surface area contributed by atoms with Crippen molar-refractivity contribution in [3.8, 4) is 11.5 Å². The monoisotopic (exact) mass is 462 g/mol. The van der Waals surface area contributed by atoms with E-state index in [0.29, 0.717) is 11.5 Å². The summed E-state index contributed by atoms with van der Waals surface area (Å²) in [6.07, 6.45) is 2.61. The third-order valence-electron chi connectivity index (χ3n) is 4.47. The third kappa shape index (κ3) is 6.89. The van der Waals surface area contributed by atoms with Gasteiger partial charge in [-0.2, -0.15) is 0 Å². The van der Waals surface area contributed by atoms with Gasteiger partial charge in [-0.15, -0.1) is 24.0 Å². The van der Waals surface area contributed by atoms with Gasteiger partial charge in [0.2, 0.25) is 0 Å². The molecule has 6 nitrogen and oxygen atoms in total. The number of halogens is 1. The van der Waals surface area contributed by atoms with Crippen LogP contribution >= 0.6 is 24.0 Å². The molecule has 1 aromatic rings. The normalized spacial score (nSPS) is 16.1. The van der Waals surface area contributed by atoms with E-state index < -0.39 is 0 Å². The molecule has 0 radical (unpaired) electrons. The summed E-state index contributed by atoms with van der Waals surface area (Å²) in [7, 11) is 5.04. The Morgan fingerprint density at radius 3 is 2.48 bits per heavy atom. The van der Waals surface area contributed by atoms with Gasteiger partial charge in [0.15, 0.2) is 17.5 Å². The van der Waals surface area contributed by atoms with Crippen LogP contribution in [0.5, 0.6) is 11.5 Å². The number of likely N-dealkylation sites (tertiary alicyclic amines) is 1. The molecule has 142 valence electrons. The van der Waals surface area contributed by atoms with E-state index >= 15 is 0 Å². The van der Waals surface area contributed by atoms with E-state index in [4.69, 9.17) is 9.47 Å². The average Bonchev–Trinajstić information content (AvgIpc) is 2.62. The number of nitrogens with one attached hydrogen (secondary N) is 2. The number of methoxy groups -OCH3 is 2. The molecule has 0 saturated carbocycles. The summed E-state index contributed by atoms with van der Waals surface area (Å²) in [4.78, 5) is 6.79. The second-order valence-electron chi connectivity index (χ2n) is 6.22. The first kappa shape index (κ1) is 21.8. The molecule has 1 aliphatic heterocycles. The van der Waals surface area contributed by atoms with E-state index in [1.807, 2.05) is 18.2 Å². The fourth-order valence-corrected chi connectivity index (χ4v) is 2.85. The summed E-state index contributed by atoms with van der Waals surface area (Å²) in [6, 6.07) is 5.72. The second kappa shape index (κ2) is 11.4. The Morgan fingerprint density at radius 1 is 1.20 bits per heavy atom. The Kier molecular flexibility index (Phi) is 9.96. The van der Waals surface area contributed by atoms with Gasteiger partial charge in [0, 0.05) is 31.9 Å². The van der Waals surface area contributed by atoms with Gasteiger partial charge in [0.1, 0.15) is 0 Å².